The topological polar surface area (TPSA) is 46.5 Å². The van der Waals surface area contributed by atoms with E-state index in [1.54, 1.807) is 0 Å². The molecule has 0 saturated carbocycles. The fraction of sp³-hybridized carbons (Fsp3) is 0.0714. The second-order valence-electron chi connectivity index (χ2n) is 3.97. The van der Waals surface area contributed by atoms with Crippen molar-refractivity contribution in [1.82, 2.24) is 0 Å². The van der Waals surface area contributed by atoms with Gasteiger partial charge in [-0.05, 0) is 30.3 Å². The molecule has 0 fully saturated rings. The highest BCUT2D eigenvalue weighted by atomic mass is 19.2. The number of carboxylic acid groups (broad SMARTS) is 1. The number of carboxylic acids is 1. The molecule has 0 aromatic heterocycles. The fourth-order valence-corrected chi connectivity index (χ4v) is 1.75. The molecule has 0 aliphatic rings. The Hall–Kier alpha value is -2.50. The average Bonchev–Trinajstić information content (AvgIpc) is 2.42. The van der Waals surface area contributed by atoms with Crippen LogP contribution in [0.1, 0.15) is 10.4 Å². The Morgan fingerprint density at radius 2 is 1.75 bits per heavy atom. The Balaban J connectivity index is 2.71. The van der Waals surface area contributed by atoms with E-state index in [0.29, 0.717) is 6.07 Å². The number of aromatic carboxylic acids is 1. The molecule has 104 valence electrons. The summed E-state index contributed by atoms with van der Waals surface area (Å²) in [4.78, 5) is 10.8. The number of halogens is 3. The zero-order valence-corrected chi connectivity index (χ0v) is 10.3. The lowest BCUT2D eigenvalue weighted by Gasteiger charge is -2.09. The highest BCUT2D eigenvalue weighted by molar-refractivity contribution is 5.89. The predicted molar refractivity (Wildman–Crippen MR) is 65.3 cm³/mol. The monoisotopic (exact) mass is 282 g/mol. The molecule has 0 bridgehead atoms. The largest absolute Gasteiger partial charge is 0.497 e. The lowest BCUT2D eigenvalue weighted by molar-refractivity contribution is 0.0696. The lowest BCUT2D eigenvalue weighted by atomic mass is 10.0. The molecule has 6 heteroatoms. The molecule has 0 radical (unpaired) electrons. The molecular formula is C14H9F3O3. The number of rotatable bonds is 3. The van der Waals surface area contributed by atoms with Gasteiger partial charge < -0.3 is 9.84 Å². The van der Waals surface area contributed by atoms with Crippen LogP contribution < -0.4 is 4.74 Å². The first-order valence-corrected chi connectivity index (χ1v) is 5.50. The first-order valence-electron chi connectivity index (χ1n) is 5.50. The molecule has 2 aromatic rings. The van der Waals surface area contributed by atoms with Gasteiger partial charge in [-0.3, -0.25) is 0 Å². The van der Waals surface area contributed by atoms with Crippen LogP contribution in [-0.4, -0.2) is 18.2 Å². The normalized spacial score (nSPS) is 10.4. The minimum Gasteiger partial charge on any atom is -0.497 e. The van der Waals surface area contributed by atoms with Crippen LogP contribution in [0.5, 0.6) is 5.75 Å². The Bertz CT molecular complexity index is 684. The van der Waals surface area contributed by atoms with Gasteiger partial charge in [0.1, 0.15) is 11.6 Å². The number of ether oxygens (including phenoxy) is 1. The Labute approximate surface area is 112 Å². The molecule has 1 N–H and O–H groups in total. The molecule has 0 atom stereocenters. The minimum atomic E-state index is -1.44. The quantitative estimate of drug-likeness (QED) is 0.937. The number of methoxy groups -OCH3 is 1. The van der Waals surface area contributed by atoms with Crippen molar-refractivity contribution in [1.29, 1.82) is 0 Å². The van der Waals surface area contributed by atoms with Gasteiger partial charge in [-0.1, -0.05) is 0 Å². The highest BCUT2D eigenvalue weighted by Crippen LogP contribution is 2.31. The average molecular weight is 282 g/mol. The first kappa shape index (κ1) is 13.9. The summed E-state index contributed by atoms with van der Waals surface area (Å²) in [5.41, 5.74) is -1.22. The van der Waals surface area contributed by atoms with E-state index in [9.17, 15) is 18.0 Å². The van der Waals surface area contributed by atoms with Crippen LogP contribution in [0.2, 0.25) is 0 Å². The third-order valence-electron chi connectivity index (χ3n) is 2.74. The minimum absolute atomic E-state index is 0.238. The summed E-state index contributed by atoms with van der Waals surface area (Å²) in [6, 6.07) is 4.92. The maximum Gasteiger partial charge on any atom is 0.335 e. The van der Waals surface area contributed by atoms with Crippen molar-refractivity contribution in [3.8, 4) is 16.9 Å². The Morgan fingerprint density at radius 3 is 2.35 bits per heavy atom. The first-order chi connectivity index (χ1) is 9.43. The van der Waals surface area contributed by atoms with Gasteiger partial charge in [0.25, 0.3) is 0 Å². The van der Waals surface area contributed by atoms with Crippen LogP contribution in [0.4, 0.5) is 13.2 Å². The molecule has 0 heterocycles. The van der Waals surface area contributed by atoms with Crippen molar-refractivity contribution >= 4 is 5.97 Å². The van der Waals surface area contributed by atoms with Crippen LogP contribution in [0.15, 0.2) is 30.3 Å². The standard InChI is InChI=1S/C14H9F3O3/c1-20-8-2-3-11(15)9(6-8)10-4-7(14(18)19)5-12(16)13(10)17/h2-6H,1H3,(H,18,19). The summed E-state index contributed by atoms with van der Waals surface area (Å²) in [7, 11) is 1.33. The van der Waals surface area contributed by atoms with Crippen LogP contribution in [0.25, 0.3) is 11.1 Å². The van der Waals surface area contributed by atoms with E-state index in [2.05, 4.69) is 0 Å². The van der Waals surface area contributed by atoms with Crippen molar-refractivity contribution in [3.63, 3.8) is 0 Å². The molecule has 0 aliphatic heterocycles. The van der Waals surface area contributed by atoms with Crippen molar-refractivity contribution in [2.24, 2.45) is 0 Å². The van der Waals surface area contributed by atoms with Gasteiger partial charge in [0.15, 0.2) is 11.6 Å². The predicted octanol–water partition coefficient (Wildman–Crippen LogP) is 3.48. The van der Waals surface area contributed by atoms with Crippen molar-refractivity contribution in [2.75, 3.05) is 7.11 Å². The Kier molecular flexibility index (Phi) is 3.65. The number of carbonyl (C=O) groups is 1. The molecule has 0 amide bonds. The molecule has 2 rings (SSSR count). The summed E-state index contributed by atoms with van der Waals surface area (Å²) in [6.07, 6.45) is 0. The van der Waals surface area contributed by atoms with E-state index in [0.717, 1.165) is 12.1 Å². The molecule has 0 aliphatic carbocycles. The van der Waals surface area contributed by atoms with E-state index in [4.69, 9.17) is 9.84 Å². The summed E-state index contributed by atoms with van der Waals surface area (Å²) in [5, 5.41) is 8.83. The van der Waals surface area contributed by atoms with Crippen LogP contribution >= 0.6 is 0 Å². The zero-order valence-electron chi connectivity index (χ0n) is 10.3. The molecule has 20 heavy (non-hydrogen) atoms. The Morgan fingerprint density at radius 1 is 1.05 bits per heavy atom. The van der Waals surface area contributed by atoms with Crippen LogP contribution in [0, 0.1) is 17.5 Å². The van der Waals surface area contributed by atoms with E-state index >= 15 is 0 Å². The van der Waals surface area contributed by atoms with Gasteiger partial charge in [-0.25, -0.2) is 18.0 Å². The lowest BCUT2D eigenvalue weighted by Crippen LogP contribution is -2.01. The third kappa shape index (κ3) is 2.45. The summed E-state index contributed by atoms with van der Waals surface area (Å²) < 4.78 is 45.8. The summed E-state index contributed by atoms with van der Waals surface area (Å²) in [5.74, 6) is -4.69. The summed E-state index contributed by atoms with van der Waals surface area (Å²) in [6.45, 7) is 0. The van der Waals surface area contributed by atoms with Crippen LogP contribution in [-0.2, 0) is 0 Å². The SMILES string of the molecule is COc1ccc(F)c(-c2cc(C(=O)O)cc(F)c2F)c1. The number of benzene rings is 2. The molecule has 2 aromatic carbocycles. The van der Waals surface area contributed by atoms with E-state index < -0.39 is 34.5 Å². The number of hydrogen-bond acceptors (Lipinski definition) is 2. The molecule has 0 saturated heterocycles. The van der Waals surface area contributed by atoms with E-state index in [1.165, 1.54) is 19.2 Å². The van der Waals surface area contributed by atoms with Gasteiger partial charge in [0.2, 0.25) is 0 Å². The second kappa shape index (κ2) is 5.24. The van der Waals surface area contributed by atoms with Crippen LogP contribution in [0.3, 0.4) is 0 Å². The fourth-order valence-electron chi connectivity index (χ4n) is 1.75. The van der Waals surface area contributed by atoms with Gasteiger partial charge in [-0.2, -0.15) is 0 Å². The van der Waals surface area contributed by atoms with E-state index in [1.807, 2.05) is 0 Å². The smallest absolute Gasteiger partial charge is 0.335 e. The summed E-state index contributed by atoms with van der Waals surface area (Å²) >= 11 is 0. The zero-order chi connectivity index (χ0) is 14.9. The van der Waals surface area contributed by atoms with Gasteiger partial charge in [0, 0.05) is 11.1 Å². The highest BCUT2D eigenvalue weighted by Gasteiger charge is 2.18. The second-order valence-corrected chi connectivity index (χ2v) is 3.97. The maximum absolute atomic E-state index is 13.8. The van der Waals surface area contributed by atoms with E-state index in [-0.39, 0.29) is 11.3 Å². The molecule has 0 unspecified atom stereocenters. The number of hydrogen-bond donors (Lipinski definition) is 1. The van der Waals surface area contributed by atoms with Crippen molar-refractivity contribution in [2.45, 2.75) is 0 Å². The van der Waals surface area contributed by atoms with Gasteiger partial charge in [-0.15, -0.1) is 0 Å². The molecule has 3 nitrogen and oxygen atoms in total. The van der Waals surface area contributed by atoms with Crippen molar-refractivity contribution < 1.29 is 27.8 Å². The molecular weight excluding hydrogens is 273 g/mol. The van der Waals surface area contributed by atoms with Gasteiger partial charge >= 0.3 is 5.97 Å². The molecule has 0 spiro atoms. The third-order valence-corrected chi connectivity index (χ3v) is 2.74. The van der Waals surface area contributed by atoms with Gasteiger partial charge in [0.05, 0.1) is 12.7 Å². The van der Waals surface area contributed by atoms with Crippen molar-refractivity contribution in [3.05, 3.63) is 53.3 Å². The maximum atomic E-state index is 13.8.